The topological polar surface area (TPSA) is 26.0 Å². The molecule has 1 unspecified atom stereocenters. The molecule has 0 aliphatic rings. The van der Waals surface area contributed by atoms with Crippen molar-refractivity contribution in [2.45, 2.75) is 29.2 Å². The third-order valence-electron chi connectivity index (χ3n) is 2.59. The Kier molecular flexibility index (Phi) is 5.34. The van der Waals surface area contributed by atoms with E-state index in [9.17, 15) is 0 Å². The molecule has 2 aromatic rings. The fourth-order valence-electron chi connectivity index (χ4n) is 1.81. The van der Waals surface area contributed by atoms with Gasteiger partial charge in [-0.3, -0.25) is 0 Å². The fourth-order valence-corrected chi connectivity index (χ4v) is 3.55. The van der Waals surface area contributed by atoms with Gasteiger partial charge in [-0.2, -0.15) is 0 Å². The first kappa shape index (κ1) is 14.9. The van der Waals surface area contributed by atoms with Crippen LogP contribution in [0.15, 0.2) is 56.7 Å². The molecule has 0 bridgehead atoms. The van der Waals surface area contributed by atoms with E-state index >= 15 is 0 Å². The quantitative estimate of drug-likeness (QED) is 0.820. The first-order valence-corrected chi connectivity index (χ1v) is 8.01. The lowest BCUT2D eigenvalue weighted by atomic mass is 10.1. The SMILES string of the molecule is CC(N)Cc1cc(Cl)ccc1Sc1cccc(Br)c1. The summed E-state index contributed by atoms with van der Waals surface area (Å²) in [5.41, 5.74) is 7.10. The van der Waals surface area contributed by atoms with E-state index in [4.69, 9.17) is 17.3 Å². The highest BCUT2D eigenvalue weighted by atomic mass is 79.9. The molecule has 2 rings (SSSR count). The molecule has 0 spiro atoms. The molecule has 0 aromatic heterocycles. The summed E-state index contributed by atoms with van der Waals surface area (Å²) in [6, 6.07) is 14.4. The van der Waals surface area contributed by atoms with Crippen LogP contribution in [0.25, 0.3) is 0 Å². The highest BCUT2D eigenvalue weighted by molar-refractivity contribution is 9.10. The summed E-state index contributed by atoms with van der Waals surface area (Å²) in [5, 5.41) is 0.759. The van der Waals surface area contributed by atoms with Crippen molar-refractivity contribution >= 4 is 39.3 Å². The predicted octanol–water partition coefficient (Wildman–Crippen LogP) is 5.14. The molecule has 0 saturated carbocycles. The highest BCUT2D eigenvalue weighted by Gasteiger charge is 2.08. The average molecular weight is 357 g/mol. The molecule has 0 radical (unpaired) electrons. The van der Waals surface area contributed by atoms with Crippen LogP contribution in [0.5, 0.6) is 0 Å². The Balaban J connectivity index is 2.28. The Morgan fingerprint density at radius 1 is 1.26 bits per heavy atom. The zero-order valence-electron chi connectivity index (χ0n) is 10.6. The molecule has 1 atom stereocenters. The highest BCUT2D eigenvalue weighted by Crippen LogP contribution is 2.33. The molecule has 1 nitrogen and oxygen atoms in total. The monoisotopic (exact) mass is 355 g/mol. The summed E-state index contributed by atoms with van der Waals surface area (Å²) in [7, 11) is 0. The van der Waals surface area contributed by atoms with Crippen molar-refractivity contribution in [2.75, 3.05) is 0 Å². The van der Waals surface area contributed by atoms with Crippen LogP contribution < -0.4 is 5.73 Å². The van der Waals surface area contributed by atoms with Crippen LogP contribution >= 0.6 is 39.3 Å². The maximum atomic E-state index is 6.07. The predicted molar refractivity (Wildman–Crippen MR) is 87.1 cm³/mol. The van der Waals surface area contributed by atoms with E-state index in [0.29, 0.717) is 0 Å². The van der Waals surface area contributed by atoms with Crippen molar-refractivity contribution in [1.29, 1.82) is 0 Å². The zero-order valence-corrected chi connectivity index (χ0v) is 13.7. The number of rotatable bonds is 4. The van der Waals surface area contributed by atoms with Gasteiger partial charge in [0.05, 0.1) is 0 Å². The van der Waals surface area contributed by atoms with Gasteiger partial charge in [-0.25, -0.2) is 0 Å². The maximum Gasteiger partial charge on any atom is 0.0409 e. The molecule has 19 heavy (non-hydrogen) atoms. The summed E-state index contributed by atoms with van der Waals surface area (Å²) in [5.74, 6) is 0. The van der Waals surface area contributed by atoms with Gasteiger partial charge in [0, 0.05) is 25.3 Å². The van der Waals surface area contributed by atoms with Gasteiger partial charge in [-0.05, 0) is 55.3 Å². The zero-order chi connectivity index (χ0) is 13.8. The normalized spacial score (nSPS) is 12.4. The third kappa shape index (κ3) is 4.53. The lowest BCUT2D eigenvalue weighted by molar-refractivity contribution is 0.729. The smallest absolute Gasteiger partial charge is 0.0409 e. The molecular weight excluding hydrogens is 342 g/mol. The first-order chi connectivity index (χ1) is 9.04. The largest absolute Gasteiger partial charge is 0.328 e. The summed E-state index contributed by atoms with van der Waals surface area (Å²) in [6.45, 7) is 2.01. The summed E-state index contributed by atoms with van der Waals surface area (Å²) in [6.07, 6.45) is 0.830. The van der Waals surface area contributed by atoms with E-state index in [1.165, 1.54) is 15.4 Å². The van der Waals surface area contributed by atoms with Crippen LogP contribution in [0.2, 0.25) is 5.02 Å². The fraction of sp³-hybridized carbons (Fsp3) is 0.200. The van der Waals surface area contributed by atoms with Gasteiger partial charge in [0.1, 0.15) is 0 Å². The number of nitrogens with two attached hydrogens (primary N) is 1. The molecule has 0 saturated heterocycles. The number of benzene rings is 2. The standard InChI is InChI=1S/C15H15BrClNS/c1-10(18)7-11-8-13(17)5-6-15(11)19-14-4-2-3-12(16)9-14/h2-6,8-10H,7,18H2,1H3. The first-order valence-electron chi connectivity index (χ1n) is 6.02. The van der Waals surface area contributed by atoms with Crippen molar-refractivity contribution in [3.05, 3.63) is 57.5 Å². The number of halogens is 2. The summed E-state index contributed by atoms with van der Waals surface area (Å²) in [4.78, 5) is 2.41. The second kappa shape index (κ2) is 6.80. The Labute approximate surface area is 131 Å². The van der Waals surface area contributed by atoms with E-state index in [1.54, 1.807) is 11.8 Å². The molecule has 0 aliphatic carbocycles. The van der Waals surface area contributed by atoms with Crippen LogP contribution in [-0.4, -0.2) is 6.04 Å². The van der Waals surface area contributed by atoms with E-state index in [1.807, 2.05) is 31.2 Å². The Morgan fingerprint density at radius 2 is 2.05 bits per heavy atom. The summed E-state index contributed by atoms with van der Waals surface area (Å²) >= 11 is 11.3. The maximum absolute atomic E-state index is 6.07. The molecule has 2 aromatic carbocycles. The third-order valence-corrected chi connectivity index (χ3v) is 4.42. The summed E-state index contributed by atoms with van der Waals surface area (Å²) < 4.78 is 1.08. The van der Waals surface area contributed by atoms with Crippen molar-refractivity contribution in [3.63, 3.8) is 0 Å². The molecule has 0 amide bonds. The molecule has 0 heterocycles. The Bertz CT molecular complexity index is 572. The lowest BCUT2D eigenvalue weighted by Gasteiger charge is -2.12. The van der Waals surface area contributed by atoms with Crippen LogP contribution in [0.4, 0.5) is 0 Å². The van der Waals surface area contributed by atoms with E-state index in [-0.39, 0.29) is 6.04 Å². The van der Waals surface area contributed by atoms with Crippen LogP contribution in [0.1, 0.15) is 12.5 Å². The molecule has 2 N–H and O–H groups in total. The molecule has 100 valence electrons. The van der Waals surface area contributed by atoms with Gasteiger partial charge >= 0.3 is 0 Å². The van der Waals surface area contributed by atoms with Crippen molar-refractivity contribution in [2.24, 2.45) is 5.73 Å². The second-order valence-corrected chi connectivity index (χ2v) is 6.96. The van der Waals surface area contributed by atoms with Gasteiger partial charge in [0.25, 0.3) is 0 Å². The minimum Gasteiger partial charge on any atom is -0.328 e. The Morgan fingerprint density at radius 3 is 2.74 bits per heavy atom. The van der Waals surface area contributed by atoms with Crippen LogP contribution in [0.3, 0.4) is 0 Å². The van der Waals surface area contributed by atoms with Crippen LogP contribution in [0, 0.1) is 0 Å². The van der Waals surface area contributed by atoms with E-state index < -0.39 is 0 Å². The van der Waals surface area contributed by atoms with Crippen molar-refractivity contribution < 1.29 is 0 Å². The average Bonchev–Trinajstić information content (AvgIpc) is 2.32. The van der Waals surface area contributed by atoms with Crippen molar-refractivity contribution in [3.8, 4) is 0 Å². The van der Waals surface area contributed by atoms with Crippen LogP contribution in [-0.2, 0) is 6.42 Å². The molecule has 0 aliphatic heterocycles. The van der Waals surface area contributed by atoms with Gasteiger partial charge in [0.2, 0.25) is 0 Å². The number of hydrogen-bond donors (Lipinski definition) is 1. The molecule has 0 fully saturated rings. The van der Waals surface area contributed by atoms with E-state index in [0.717, 1.165) is 15.9 Å². The second-order valence-electron chi connectivity index (χ2n) is 4.49. The Hall–Kier alpha value is -0.480. The molecule has 4 heteroatoms. The number of hydrogen-bond acceptors (Lipinski definition) is 2. The van der Waals surface area contributed by atoms with Gasteiger partial charge in [-0.1, -0.05) is 45.4 Å². The lowest BCUT2D eigenvalue weighted by Crippen LogP contribution is -2.18. The van der Waals surface area contributed by atoms with Crippen molar-refractivity contribution in [1.82, 2.24) is 0 Å². The van der Waals surface area contributed by atoms with Gasteiger partial charge < -0.3 is 5.73 Å². The molecular formula is C15H15BrClNS. The van der Waals surface area contributed by atoms with E-state index in [2.05, 4.69) is 34.1 Å². The minimum absolute atomic E-state index is 0.125. The van der Waals surface area contributed by atoms with Gasteiger partial charge in [0.15, 0.2) is 0 Å². The minimum atomic E-state index is 0.125. The van der Waals surface area contributed by atoms with Gasteiger partial charge in [-0.15, -0.1) is 0 Å².